The summed E-state index contributed by atoms with van der Waals surface area (Å²) in [6, 6.07) is -0.115. The van der Waals surface area contributed by atoms with E-state index in [2.05, 4.69) is 4.98 Å². The number of methoxy groups -OCH3 is 1. The molecule has 0 saturated carbocycles. The van der Waals surface area contributed by atoms with Gasteiger partial charge in [-0.1, -0.05) is 0 Å². The van der Waals surface area contributed by atoms with Crippen molar-refractivity contribution in [1.29, 1.82) is 0 Å². The van der Waals surface area contributed by atoms with E-state index in [0.717, 1.165) is 0 Å². The fourth-order valence-corrected chi connectivity index (χ4v) is 2.47. The molecule has 8 nitrogen and oxygen atoms in total. The smallest absolute Gasteiger partial charge is 0.332 e. The predicted octanol–water partition coefficient (Wildman–Crippen LogP) is -0.417. The molecule has 2 rings (SSSR count). The van der Waals surface area contributed by atoms with Gasteiger partial charge in [-0.3, -0.25) is 13.9 Å². The van der Waals surface area contributed by atoms with Crippen LogP contribution in [0.5, 0.6) is 0 Å². The summed E-state index contributed by atoms with van der Waals surface area (Å²) in [7, 11) is 3.16. The average molecular weight is 295 g/mol. The first-order valence-corrected chi connectivity index (χ1v) is 6.87. The molecule has 0 radical (unpaired) electrons. The molecule has 2 N–H and O–H groups in total. The molecule has 0 aliphatic rings. The minimum Gasteiger partial charge on any atom is -0.377 e. The second kappa shape index (κ2) is 5.82. The molecule has 0 aliphatic heterocycles. The molecular weight excluding hydrogens is 274 g/mol. The van der Waals surface area contributed by atoms with Crippen LogP contribution < -0.4 is 17.0 Å². The number of fused-ring (bicyclic) bond motifs is 1. The van der Waals surface area contributed by atoms with Crippen molar-refractivity contribution in [2.75, 3.05) is 13.7 Å². The minimum absolute atomic E-state index is 0.115. The Morgan fingerprint density at radius 1 is 1.38 bits per heavy atom. The number of aryl methyl sites for hydroxylation is 1. The Labute approximate surface area is 121 Å². The third-order valence-electron chi connectivity index (χ3n) is 3.62. The first-order chi connectivity index (χ1) is 9.97. The van der Waals surface area contributed by atoms with Gasteiger partial charge in [-0.25, -0.2) is 9.78 Å². The summed E-state index contributed by atoms with van der Waals surface area (Å²) in [6.45, 7) is 4.58. The third-order valence-corrected chi connectivity index (χ3v) is 3.62. The third kappa shape index (κ3) is 2.30. The van der Waals surface area contributed by atoms with Crippen molar-refractivity contribution in [2.45, 2.75) is 33.0 Å². The van der Waals surface area contributed by atoms with Crippen LogP contribution in [0.25, 0.3) is 11.2 Å². The van der Waals surface area contributed by atoms with Crippen molar-refractivity contribution in [3.8, 4) is 0 Å². The predicted molar refractivity (Wildman–Crippen MR) is 79.4 cm³/mol. The van der Waals surface area contributed by atoms with Crippen LogP contribution in [-0.4, -0.2) is 32.3 Å². The van der Waals surface area contributed by atoms with E-state index in [4.69, 9.17) is 10.5 Å². The summed E-state index contributed by atoms with van der Waals surface area (Å²) >= 11 is 0. The van der Waals surface area contributed by atoms with Gasteiger partial charge < -0.3 is 15.0 Å². The average Bonchev–Trinajstić information content (AvgIpc) is 2.85. The van der Waals surface area contributed by atoms with Crippen LogP contribution in [-0.2, 0) is 24.9 Å². The van der Waals surface area contributed by atoms with Crippen LogP contribution >= 0.6 is 0 Å². The number of rotatable bonds is 5. The largest absolute Gasteiger partial charge is 0.377 e. The molecule has 0 fully saturated rings. The number of hydrogen-bond donors (Lipinski definition) is 1. The summed E-state index contributed by atoms with van der Waals surface area (Å²) in [5, 5.41) is 0. The summed E-state index contributed by atoms with van der Waals surface area (Å²) in [6.07, 6.45) is 0. The van der Waals surface area contributed by atoms with Crippen molar-refractivity contribution >= 4 is 11.2 Å². The fraction of sp³-hybridized carbons (Fsp3) is 0.615. The molecule has 0 saturated heterocycles. The SMILES string of the molecule is CCn1c(=O)c2c(nc(COC)n2C(C)CN)n(C)c1=O. The fourth-order valence-electron chi connectivity index (χ4n) is 2.47. The Morgan fingerprint density at radius 3 is 2.57 bits per heavy atom. The Morgan fingerprint density at radius 2 is 2.05 bits per heavy atom. The first-order valence-electron chi connectivity index (χ1n) is 6.87. The van der Waals surface area contributed by atoms with E-state index in [0.29, 0.717) is 30.1 Å². The number of aromatic nitrogens is 4. The summed E-state index contributed by atoms with van der Waals surface area (Å²) in [4.78, 5) is 29.2. The molecule has 21 heavy (non-hydrogen) atoms. The first kappa shape index (κ1) is 15.5. The monoisotopic (exact) mass is 295 g/mol. The van der Waals surface area contributed by atoms with E-state index in [1.54, 1.807) is 25.6 Å². The summed E-state index contributed by atoms with van der Waals surface area (Å²) < 4.78 is 9.49. The van der Waals surface area contributed by atoms with Gasteiger partial charge in [0.15, 0.2) is 11.2 Å². The maximum atomic E-state index is 12.6. The molecule has 2 aromatic rings. The molecule has 2 heterocycles. The van der Waals surface area contributed by atoms with Crippen LogP contribution in [0.4, 0.5) is 0 Å². The second-order valence-corrected chi connectivity index (χ2v) is 4.98. The van der Waals surface area contributed by atoms with Gasteiger partial charge in [0.05, 0.1) is 0 Å². The number of ether oxygens (including phenoxy) is 1. The van der Waals surface area contributed by atoms with Crippen molar-refractivity contribution in [3.63, 3.8) is 0 Å². The van der Waals surface area contributed by atoms with Gasteiger partial charge in [0.1, 0.15) is 12.4 Å². The Balaban J connectivity index is 2.97. The van der Waals surface area contributed by atoms with Gasteiger partial charge in [-0.2, -0.15) is 0 Å². The van der Waals surface area contributed by atoms with Gasteiger partial charge in [-0.05, 0) is 13.8 Å². The molecule has 0 spiro atoms. The standard InChI is InChI=1S/C13H21N5O3/c1-5-17-12(19)10-11(16(3)13(17)20)15-9(7-21-4)18(10)8(2)6-14/h8H,5-7,14H2,1-4H3. The maximum absolute atomic E-state index is 12.6. The van der Waals surface area contributed by atoms with Crippen LogP contribution in [0, 0.1) is 0 Å². The normalized spacial score (nSPS) is 13.0. The highest BCUT2D eigenvalue weighted by Crippen LogP contribution is 2.17. The van der Waals surface area contributed by atoms with Gasteiger partial charge in [0.2, 0.25) is 0 Å². The van der Waals surface area contributed by atoms with Crippen molar-refractivity contribution in [1.82, 2.24) is 18.7 Å². The van der Waals surface area contributed by atoms with Crippen molar-refractivity contribution in [3.05, 3.63) is 26.7 Å². The van der Waals surface area contributed by atoms with Crippen LogP contribution in [0.2, 0.25) is 0 Å². The molecule has 0 amide bonds. The maximum Gasteiger partial charge on any atom is 0.332 e. The summed E-state index contributed by atoms with van der Waals surface area (Å²) in [5.74, 6) is 0.589. The number of imidazole rings is 1. The lowest BCUT2D eigenvalue weighted by molar-refractivity contribution is 0.173. The lowest BCUT2D eigenvalue weighted by atomic mass is 10.3. The highest BCUT2D eigenvalue weighted by molar-refractivity contribution is 5.71. The minimum atomic E-state index is -0.371. The number of hydrogen-bond acceptors (Lipinski definition) is 5. The van der Waals surface area contributed by atoms with E-state index >= 15 is 0 Å². The van der Waals surface area contributed by atoms with E-state index in [1.165, 1.54) is 9.13 Å². The molecule has 1 unspecified atom stereocenters. The Bertz CT molecular complexity index is 771. The lowest BCUT2D eigenvalue weighted by Crippen LogP contribution is -2.39. The highest BCUT2D eigenvalue weighted by Gasteiger charge is 2.21. The highest BCUT2D eigenvalue weighted by atomic mass is 16.5. The Kier molecular flexibility index (Phi) is 4.29. The molecule has 116 valence electrons. The molecule has 0 aliphatic carbocycles. The van der Waals surface area contributed by atoms with Gasteiger partial charge in [-0.15, -0.1) is 0 Å². The zero-order valence-corrected chi connectivity index (χ0v) is 12.8. The molecule has 0 aromatic carbocycles. The molecular formula is C13H21N5O3. The van der Waals surface area contributed by atoms with Gasteiger partial charge in [0, 0.05) is 33.3 Å². The van der Waals surface area contributed by atoms with E-state index in [1.807, 2.05) is 6.92 Å². The van der Waals surface area contributed by atoms with Crippen LogP contribution in [0.15, 0.2) is 9.59 Å². The van der Waals surface area contributed by atoms with E-state index in [-0.39, 0.29) is 23.9 Å². The van der Waals surface area contributed by atoms with E-state index in [9.17, 15) is 9.59 Å². The molecule has 1 atom stereocenters. The summed E-state index contributed by atoms with van der Waals surface area (Å²) in [5.41, 5.74) is 5.78. The van der Waals surface area contributed by atoms with Crippen LogP contribution in [0.1, 0.15) is 25.7 Å². The zero-order valence-electron chi connectivity index (χ0n) is 12.8. The number of nitrogens with two attached hydrogens (primary N) is 1. The van der Waals surface area contributed by atoms with Gasteiger partial charge in [0.25, 0.3) is 5.56 Å². The molecule has 0 bridgehead atoms. The lowest BCUT2D eigenvalue weighted by Gasteiger charge is -2.15. The van der Waals surface area contributed by atoms with Crippen molar-refractivity contribution < 1.29 is 4.74 Å². The zero-order chi connectivity index (χ0) is 15.7. The number of nitrogens with zero attached hydrogens (tertiary/aromatic N) is 4. The molecule has 8 heteroatoms. The van der Waals surface area contributed by atoms with Crippen LogP contribution in [0.3, 0.4) is 0 Å². The Hall–Kier alpha value is -1.93. The molecule has 2 aromatic heterocycles. The van der Waals surface area contributed by atoms with Crippen molar-refractivity contribution in [2.24, 2.45) is 12.8 Å². The second-order valence-electron chi connectivity index (χ2n) is 4.98. The topological polar surface area (TPSA) is 97.1 Å². The quantitative estimate of drug-likeness (QED) is 0.808. The van der Waals surface area contributed by atoms with E-state index < -0.39 is 0 Å². The van der Waals surface area contributed by atoms with Gasteiger partial charge >= 0.3 is 5.69 Å².